The van der Waals surface area contributed by atoms with Crippen LogP contribution in [0.25, 0.3) is 0 Å². The van der Waals surface area contributed by atoms with E-state index in [0.29, 0.717) is 11.6 Å². The van der Waals surface area contributed by atoms with Gasteiger partial charge in [-0.3, -0.25) is 4.99 Å². The second-order valence-electron chi connectivity index (χ2n) is 2.02. The predicted octanol–water partition coefficient (Wildman–Crippen LogP) is -0.759. The number of aliphatic imine (C=N–C) groups is 1. The van der Waals surface area contributed by atoms with Gasteiger partial charge in [0.05, 0.1) is 5.88 Å². The molecule has 2 atom stereocenters. The van der Waals surface area contributed by atoms with Crippen molar-refractivity contribution < 1.29 is 19.2 Å². The predicted molar refractivity (Wildman–Crippen MR) is 46.5 cm³/mol. The zero-order valence-corrected chi connectivity index (χ0v) is 7.60. The summed E-state index contributed by atoms with van der Waals surface area (Å²) in [5, 5.41) is 17.4. The Balaban J connectivity index is 2.64. The van der Waals surface area contributed by atoms with Gasteiger partial charge in [-0.2, -0.15) is 0 Å². The van der Waals surface area contributed by atoms with E-state index in [2.05, 4.69) is 4.99 Å². The molecule has 0 bridgehead atoms. The van der Waals surface area contributed by atoms with Gasteiger partial charge in [0, 0.05) is 5.75 Å². The van der Waals surface area contributed by atoms with E-state index in [1.165, 1.54) is 11.8 Å². The van der Waals surface area contributed by atoms with Crippen LogP contribution in [0.4, 0.5) is 0 Å². The van der Waals surface area contributed by atoms with E-state index in [9.17, 15) is 9.00 Å². The zero-order chi connectivity index (χ0) is 9.14. The number of carbonyl (C=O) groups is 1. The number of carboxylic acid groups (broad SMARTS) is 1. The summed E-state index contributed by atoms with van der Waals surface area (Å²) in [4.78, 5) is 14.0. The molecule has 1 rings (SSSR count). The molecule has 0 aromatic rings. The quantitative estimate of drug-likeness (QED) is 0.624. The van der Waals surface area contributed by atoms with Gasteiger partial charge >= 0.3 is 5.97 Å². The van der Waals surface area contributed by atoms with Crippen molar-refractivity contribution in [2.24, 2.45) is 4.99 Å². The zero-order valence-electron chi connectivity index (χ0n) is 5.97. The van der Waals surface area contributed by atoms with Gasteiger partial charge in [0.25, 0.3) is 0 Å². The van der Waals surface area contributed by atoms with Crippen molar-refractivity contribution in [2.45, 2.75) is 5.44 Å². The van der Waals surface area contributed by atoms with Gasteiger partial charge in [0.15, 0.2) is 0 Å². The summed E-state index contributed by atoms with van der Waals surface area (Å²) in [5.74, 6) is -0.544. The highest BCUT2D eigenvalue weighted by Gasteiger charge is 2.27. The van der Waals surface area contributed by atoms with E-state index in [-0.39, 0.29) is 5.04 Å². The number of thioether (sulfide) groups is 1. The Morgan fingerprint density at radius 1 is 1.75 bits per heavy atom. The van der Waals surface area contributed by atoms with Crippen LogP contribution in [0, 0.1) is 0 Å². The van der Waals surface area contributed by atoms with Crippen molar-refractivity contribution in [1.29, 1.82) is 0 Å². The fourth-order valence-corrected chi connectivity index (χ4v) is 2.67. The molecule has 0 aromatic carbocycles. The first-order valence-corrected chi connectivity index (χ1v) is 5.42. The largest absolute Gasteiger partial charge is 0.479 e. The van der Waals surface area contributed by atoms with Crippen molar-refractivity contribution in [2.75, 3.05) is 11.6 Å². The first kappa shape index (κ1) is 9.69. The maximum Gasteiger partial charge on any atom is 0.346 e. The monoisotopic (exact) mass is 209 g/mol. The van der Waals surface area contributed by atoms with Crippen LogP contribution in [-0.4, -0.2) is 42.5 Å². The molecule has 7 heteroatoms. The number of hydrogen-bond acceptors (Lipinski definition) is 5. The number of aliphatic hydroxyl groups is 1. The normalized spacial score (nSPS) is 21.6. The second kappa shape index (κ2) is 4.01. The summed E-state index contributed by atoms with van der Waals surface area (Å²) in [6.45, 7) is 0. The summed E-state index contributed by atoms with van der Waals surface area (Å²) in [5.41, 5.74) is -1.84. The molecule has 2 N–H and O–H groups in total. The highest BCUT2D eigenvalue weighted by atomic mass is 32.2. The molecular weight excluding hydrogens is 202 g/mol. The standard InChI is InChI=1S/C5H7NO4S2/c7-4(8)5(9)12(10)3-1-11-2-6-3/h5,9H,1-2H2,(H,7,8). The average Bonchev–Trinajstić information content (AvgIpc) is 2.53. The highest BCUT2D eigenvalue weighted by Crippen LogP contribution is 2.13. The Morgan fingerprint density at radius 2 is 2.42 bits per heavy atom. The molecule has 5 nitrogen and oxygen atoms in total. The van der Waals surface area contributed by atoms with E-state index >= 15 is 0 Å². The summed E-state index contributed by atoms with van der Waals surface area (Å²) in [6.07, 6.45) is 0. The summed E-state index contributed by atoms with van der Waals surface area (Å²) in [6, 6.07) is 0. The second-order valence-corrected chi connectivity index (χ2v) is 4.49. The highest BCUT2D eigenvalue weighted by molar-refractivity contribution is 8.07. The van der Waals surface area contributed by atoms with Crippen molar-refractivity contribution >= 4 is 33.6 Å². The minimum absolute atomic E-state index is 0.273. The van der Waals surface area contributed by atoms with Gasteiger partial charge in [0.2, 0.25) is 5.44 Å². The average molecular weight is 209 g/mol. The van der Waals surface area contributed by atoms with Gasteiger partial charge in [-0.1, -0.05) is 0 Å². The fourth-order valence-electron chi connectivity index (χ4n) is 0.638. The molecule has 0 spiro atoms. The van der Waals surface area contributed by atoms with Crippen LogP contribution in [-0.2, 0) is 15.6 Å². The topological polar surface area (TPSA) is 87.0 Å². The van der Waals surface area contributed by atoms with Crippen LogP contribution in [0.5, 0.6) is 0 Å². The minimum atomic E-state index is -1.89. The van der Waals surface area contributed by atoms with Crippen molar-refractivity contribution in [3.8, 4) is 0 Å². The van der Waals surface area contributed by atoms with Crippen molar-refractivity contribution in [3.05, 3.63) is 0 Å². The fraction of sp³-hybridized carbons (Fsp3) is 0.600. The lowest BCUT2D eigenvalue weighted by atomic mass is 10.7. The first-order chi connectivity index (χ1) is 5.63. The number of nitrogens with zero attached hydrogens (tertiary/aromatic N) is 1. The number of aliphatic hydroxyl groups excluding tert-OH is 1. The molecule has 1 aliphatic heterocycles. The maximum atomic E-state index is 11.1. The van der Waals surface area contributed by atoms with Gasteiger partial charge in [-0.15, -0.1) is 11.8 Å². The van der Waals surface area contributed by atoms with Crippen molar-refractivity contribution in [3.63, 3.8) is 0 Å². The van der Waals surface area contributed by atoms with Gasteiger partial charge < -0.3 is 10.2 Å². The van der Waals surface area contributed by atoms with Gasteiger partial charge in [0.1, 0.15) is 15.8 Å². The summed E-state index contributed by atoms with van der Waals surface area (Å²) < 4.78 is 11.1. The van der Waals surface area contributed by atoms with Crippen LogP contribution in [0.1, 0.15) is 0 Å². The van der Waals surface area contributed by atoms with Crippen LogP contribution < -0.4 is 0 Å². The van der Waals surface area contributed by atoms with Crippen LogP contribution >= 0.6 is 11.8 Å². The summed E-state index contributed by atoms with van der Waals surface area (Å²) in [7, 11) is -1.89. The number of hydrogen-bond donors (Lipinski definition) is 2. The third-order valence-corrected chi connectivity index (χ3v) is 3.52. The minimum Gasteiger partial charge on any atom is -0.479 e. The van der Waals surface area contributed by atoms with Crippen LogP contribution in [0.15, 0.2) is 4.99 Å². The maximum absolute atomic E-state index is 11.1. The molecule has 0 fully saturated rings. The smallest absolute Gasteiger partial charge is 0.346 e. The SMILES string of the molecule is O=C(O)C(O)S(=O)C1=NCSC1. The van der Waals surface area contributed by atoms with E-state index in [1.807, 2.05) is 0 Å². The molecule has 1 aliphatic rings. The van der Waals surface area contributed by atoms with Crippen LogP contribution in [0.3, 0.4) is 0 Å². The summed E-state index contributed by atoms with van der Waals surface area (Å²) >= 11 is 1.44. The third-order valence-electron chi connectivity index (χ3n) is 1.20. The van der Waals surface area contributed by atoms with Gasteiger partial charge in [-0.05, 0) is 0 Å². The molecule has 0 amide bonds. The van der Waals surface area contributed by atoms with Crippen LogP contribution in [0.2, 0.25) is 0 Å². The third kappa shape index (κ3) is 2.05. The molecule has 1 heterocycles. The Kier molecular flexibility index (Phi) is 3.24. The molecule has 0 saturated heterocycles. The molecular formula is C5H7NO4S2. The van der Waals surface area contributed by atoms with E-state index in [0.717, 1.165) is 0 Å². The first-order valence-electron chi connectivity index (χ1n) is 3.05. The Hall–Kier alpha value is -0.400. The number of rotatable bonds is 2. The lowest BCUT2D eigenvalue weighted by molar-refractivity contribution is -0.142. The number of aliphatic carboxylic acids is 1. The van der Waals surface area contributed by atoms with E-state index < -0.39 is 22.2 Å². The lowest BCUT2D eigenvalue weighted by Crippen LogP contribution is -2.29. The molecule has 68 valence electrons. The Morgan fingerprint density at radius 3 is 2.83 bits per heavy atom. The molecule has 2 unspecified atom stereocenters. The molecule has 12 heavy (non-hydrogen) atoms. The number of carboxylic acids is 1. The van der Waals surface area contributed by atoms with E-state index in [4.69, 9.17) is 10.2 Å². The molecule has 0 saturated carbocycles. The lowest BCUT2D eigenvalue weighted by Gasteiger charge is -2.03. The molecule has 0 radical (unpaired) electrons. The Bertz CT molecular complexity index is 252. The van der Waals surface area contributed by atoms with Gasteiger partial charge in [-0.25, -0.2) is 9.00 Å². The molecule has 0 aromatic heterocycles. The van der Waals surface area contributed by atoms with E-state index in [1.54, 1.807) is 0 Å². The molecule has 0 aliphatic carbocycles. The van der Waals surface area contributed by atoms with Crippen molar-refractivity contribution in [1.82, 2.24) is 0 Å². The Labute approximate surface area is 75.3 Å².